The molecule has 0 aromatic carbocycles. The fourth-order valence-electron chi connectivity index (χ4n) is 0. The molecule has 0 aliphatic rings. The Morgan fingerprint density at radius 1 is 1.75 bits per heavy atom. The number of rotatable bonds is 0. The molecule has 0 N–H and O–H groups in total. The molecule has 0 atom stereocenters. The molecule has 0 heterocycles. The van der Waals surface area contributed by atoms with E-state index < -0.39 is 0 Å². The van der Waals surface area contributed by atoms with Gasteiger partial charge in [-0.25, -0.2) is 0 Å². The van der Waals surface area contributed by atoms with Crippen molar-refractivity contribution in [2.45, 2.75) is 0 Å². The normalized spacial score (nSPS) is 4.50. The van der Waals surface area contributed by atoms with E-state index in [0.717, 1.165) is 0 Å². The van der Waals surface area contributed by atoms with Crippen LogP contribution in [0.4, 0.5) is 0 Å². The van der Waals surface area contributed by atoms with E-state index in [-0.39, 0.29) is 37.6 Å². The maximum absolute atomic E-state index is 4.50. The molecule has 0 fully saturated rings. The van der Waals surface area contributed by atoms with Gasteiger partial charge in [-0.2, -0.15) is 0 Å². The molecule has 4 heavy (non-hydrogen) atoms. The van der Waals surface area contributed by atoms with E-state index in [1.165, 1.54) is 0 Å². The molecule has 0 saturated carbocycles. The van der Waals surface area contributed by atoms with Crippen LogP contribution in [0.3, 0.4) is 0 Å². The molecule has 0 aliphatic heterocycles. The third-order valence-electron chi connectivity index (χ3n) is 0. The van der Waals surface area contributed by atoms with Crippen LogP contribution in [0, 0.1) is 0 Å². The first-order valence-corrected chi connectivity index (χ1v) is 0.408. The van der Waals surface area contributed by atoms with Crippen LogP contribution < -0.4 is 29.6 Å². The van der Waals surface area contributed by atoms with Gasteiger partial charge in [0.1, 0.15) is 0 Å². The summed E-state index contributed by atoms with van der Waals surface area (Å²) in [6.45, 7) is 0. The molecule has 0 aromatic rings. The van der Waals surface area contributed by atoms with Crippen molar-refractivity contribution in [1.29, 1.82) is 0 Å². The van der Waals surface area contributed by atoms with E-state index in [9.17, 15) is 0 Å². The summed E-state index contributed by atoms with van der Waals surface area (Å²) in [6, 6.07) is 0. The van der Waals surface area contributed by atoms with Crippen molar-refractivity contribution >= 4 is 8.05 Å². The van der Waals surface area contributed by atoms with Crippen molar-refractivity contribution in [3.05, 3.63) is 0 Å². The average Bonchev–Trinajstić information content (AvgIpc) is 0.918. The minimum atomic E-state index is 0. The Kier molecular flexibility index (Phi) is 20.0. The monoisotopic (exact) mass is 68.0 g/mol. The molecule has 0 amide bonds. The average molecular weight is 67.9 g/mol. The minimum Gasteiger partial charge on any atom is -0.601 e. The fourth-order valence-corrected chi connectivity index (χ4v) is 0. The smallest absolute Gasteiger partial charge is 0.601 e. The molecule has 0 aromatic heterocycles. The van der Waals surface area contributed by atoms with Crippen LogP contribution in [0.5, 0.6) is 0 Å². The predicted molar refractivity (Wildman–Crippen MR) is 16.9 cm³/mol. The van der Waals surface area contributed by atoms with Gasteiger partial charge in [0.2, 0.25) is 0 Å². The van der Waals surface area contributed by atoms with Crippen LogP contribution >= 0.6 is 0 Å². The Bertz CT molecular complexity index is 8.00. The predicted octanol–water partition coefficient (Wildman–Crippen LogP) is -4.08. The largest absolute Gasteiger partial charge is 1.00 e. The topological polar surface area (TPSA) is 9.23 Å². The van der Waals surface area contributed by atoms with E-state index in [0.29, 0.717) is 0 Å². The zero-order valence-corrected chi connectivity index (χ0v) is 4.41. The van der Waals surface area contributed by atoms with Crippen LogP contribution in [-0.4, -0.2) is 15.2 Å². The van der Waals surface area contributed by atoms with Gasteiger partial charge in [-0.1, -0.05) is 0 Å². The Labute approximate surface area is 49.5 Å². The molecule has 3 heteroatoms. The van der Waals surface area contributed by atoms with E-state index in [2.05, 4.69) is 4.65 Å². The van der Waals surface area contributed by atoms with Crippen LogP contribution in [0.15, 0.2) is 0 Å². The van der Waals surface area contributed by atoms with Gasteiger partial charge in [-0.15, -0.1) is 0 Å². The Morgan fingerprint density at radius 3 is 1.75 bits per heavy atom. The van der Waals surface area contributed by atoms with E-state index in [1.807, 2.05) is 0 Å². The van der Waals surface area contributed by atoms with Gasteiger partial charge in [-0.05, 0) is 7.11 Å². The molecule has 0 spiro atoms. The summed E-state index contributed by atoms with van der Waals surface area (Å²) in [5.41, 5.74) is 0. The van der Waals surface area contributed by atoms with Crippen LogP contribution in [0.2, 0.25) is 0 Å². The van der Waals surface area contributed by atoms with Gasteiger partial charge in [-0.3, -0.25) is 0 Å². The van der Waals surface area contributed by atoms with Crippen molar-refractivity contribution in [2.24, 2.45) is 0 Å². The summed E-state index contributed by atoms with van der Waals surface area (Å²) < 4.78 is 4.50. The fraction of sp³-hybridized carbons (Fsp3) is 1.00. The van der Waals surface area contributed by atoms with Crippen molar-refractivity contribution < 1.29 is 34.2 Å². The summed E-state index contributed by atoms with van der Waals surface area (Å²) in [5.74, 6) is 0. The summed E-state index contributed by atoms with van der Waals surface area (Å²) in [4.78, 5) is 0. The number of hydrogen-bond donors (Lipinski definition) is 0. The molecule has 0 bridgehead atoms. The maximum atomic E-state index is 4.50. The molecule has 0 rings (SSSR count). The van der Waals surface area contributed by atoms with Crippen molar-refractivity contribution in [3.8, 4) is 0 Å². The first-order valence-electron chi connectivity index (χ1n) is 0.408. The second kappa shape index (κ2) is 8.98. The Hall–Kier alpha value is 1.02. The van der Waals surface area contributed by atoms with Crippen molar-refractivity contribution in [1.82, 2.24) is 0 Å². The van der Waals surface area contributed by atoms with Gasteiger partial charge >= 0.3 is 29.6 Å². The molecule has 0 unspecified atom stereocenters. The SMILES string of the molecule is [BH3-]OC.[Na+]. The molecular weight excluding hydrogens is 61.8 g/mol. The molecule has 0 saturated heterocycles. The maximum Gasteiger partial charge on any atom is 1.00 e. The molecule has 1 nitrogen and oxygen atoms in total. The summed E-state index contributed by atoms with van der Waals surface area (Å²) >= 11 is 0. The van der Waals surface area contributed by atoms with E-state index in [1.54, 1.807) is 7.11 Å². The van der Waals surface area contributed by atoms with Crippen LogP contribution in [-0.2, 0) is 4.65 Å². The van der Waals surface area contributed by atoms with Crippen molar-refractivity contribution in [3.63, 3.8) is 0 Å². The zero-order valence-electron chi connectivity index (χ0n) is 2.41. The third-order valence-corrected chi connectivity index (χ3v) is 0. The second-order valence-corrected chi connectivity index (χ2v) is 0. The molecule has 0 aliphatic carbocycles. The van der Waals surface area contributed by atoms with Crippen molar-refractivity contribution in [2.75, 3.05) is 7.11 Å². The van der Waals surface area contributed by atoms with Gasteiger partial charge in [0.15, 0.2) is 0 Å². The van der Waals surface area contributed by atoms with Gasteiger partial charge < -0.3 is 4.65 Å². The zero-order chi connectivity index (χ0) is 2.71. The summed E-state index contributed by atoms with van der Waals surface area (Å²) in [7, 11) is 2.00. The van der Waals surface area contributed by atoms with Crippen LogP contribution in [0.25, 0.3) is 0 Å². The standard InChI is InChI=1S/CH6BO.Na/c1-3-2;/h1-2H3;/q-1;+1. The minimum absolute atomic E-state index is 0. The third kappa shape index (κ3) is 11.8. The number of hydrogen-bond acceptors (Lipinski definition) is 1. The van der Waals surface area contributed by atoms with Gasteiger partial charge in [0.25, 0.3) is 0 Å². The quantitative estimate of drug-likeness (QED) is 0.262. The second-order valence-electron chi connectivity index (χ2n) is 0. The summed E-state index contributed by atoms with van der Waals surface area (Å²) in [6.07, 6.45) is 0. The van der Waals surface area contributed by atoms with Gasteiger partial charge in [0.05, 0.1) is 8.05 Å². The van der Waals surface area contributed by atoms with Crippen LogP contribution in [0.1, 0.15) is 0 Å². The Morgan fingerprint density at radius 2 is 1.75 bits per heavy atom. The van der Waals surface area contributed by atoms with E-state index >= 15 is 0 Å². The Balaban J connectivity index is 0. The first-order chi connectivity index (χ1) is 1.41. The molecule has 20 valence electrons. The van der Waals surface area contributed by atoms with E-state index in [4.69, 9.17) is 0 Å². The van der Waals surface area contributed by atoms with Gasteiger partial charge in [0, 0.05) is 0 Å². The molecular formula is CH6BNaO. The molecule has 0 radical (unpaired) electrons. The summed E-state index contributed by atoms with van der Waals surface area (Å²) in [5, 5.41) is 0. The first kappa shape index (κ1) is 8.90.